The number of hydrogen-bond acceptors (Lipinski definition) is 7. The quantitative estimate of drug-likeness (QED) is 0.564. The number of morpholine rings is 1. The van der Waals surface area contributed by atoms with Crippen molar-refractivity contribution < 1.29 is 14.6 Å². The summed E-state index contributed by atoms with van der Waals surface area (Å²) >= 11 is 0. The molecule has 0 aromatic carbocycles. The molecule has 2 unspecified atom stereocenters. The van der Waals surface area contributed by atoms with Crippen LogP contribution in [0, 0.1) is 17.8 Å². The van der Waals surface area contributed by atoms with E-state index in [9.17, 15) is 9.90 Å². The number of carbonyl (C=O) groups excluding carboxylic acids is 1. The number of nitrogens with one attached hydrogen (secondary N) is 2. The van der Waals surface area contributed by atoms with Gasteiger partial charge in [0.1, 0.15) is 0 Å². The van der Waals surface area contributed by atoms with Gasteiger partial charge in [-0.3, -0.25) is 9.69 Å². The Kier molecular flexibility index (Phi) is 6.24. The van der Waals surface area contributed by atoms with Gasteiger partial charge >= 0.3 is 0 Å². The van der Waals surface area contributed by atoms with E-state index in [4.69, 9.17) is 9.72 Å². The van der Waals surface area contributed by atoms with Gasteiger partial charge in [0.2, 0.25) is 5.95 Å². The second kappa shape index (κ2) is 9.36. The van der Waals surface area contributed by atoms with Gasteiger partial charge in [0, 0.05) is 44.3 Å². The molecule has 7 rings (SSSR count). The summed E-state index contributed by atoms with van der Waals surface area (Å²) in [5.74, 6) is 2.38. The molecular formula is C26H39N5O3. The number of hydrogen-bond donors (Lipinski definition) is 3. The molecule has 1 aromatic heterocycles. The molecule has 8 nitrogen and oxygen atoms in total. The van der Waals surface area contributed by atoms with E-state index >= 15 is 0 Å². The summed E-state index contributed by atoms with van der Waals surface area (Å²) in [5.41, 5.74) is 1.09. The first-order chi connectivity index (χ1) is 16.6. The minimum Gasteiger partial charge on any atom is -0.390 e. The van der Waals surface area contributed by atoms with E-state index in [1.165, 1.54) is 12.8 Å². The topological polar surface area (TPSA) is 99.6 Å². The number of aromatic nitrogens is 2. The molecule has 2 heterocycles. The molecule has 4 bridgehead atoms. The Balaban J connectivity index is 1.15. The number of amides is 1. The molecule has 1 amide bonds. The van der Waals surface area contributed by atoms with Gasteiger partial charge in [-0.1, -0.05) is 12.8 Å². The molecular weight excluding hydrogens is 430 g/mol. The third-order valence-corrected chi connectivity index (χ3v) is 9.16. The maximum atomic E-state index is 13.5. The molecule has 8 heteroatoms. The Labute approximate surface area is 202 Å². The van der Waals surface area contributed by atoms with Crippen molar-refractivity contribution >= 4 is 11.9 Å². The first kappa shape index (κ1) is 22.7. The maximum absolute atomic E-state index is 13.5. The van der Waals surface area contributed by atoms with Crippen molar-refractivity contribution in [1.29, 1.82) is 0 Å². The smallest absolute Gasteiger partial charge is 0.254 e. The van der Waals surface area contributed by atoms with Crippen LogP contribution in [-0.4, -0.2) is 76.9 Å². The molecule has 1 aromatic rings. The van der Waals surface area contributed by atoms with E-state index in [0.717, 1.165) is 90.0 Å². The van der Waals surface area contributed by atoms with Gasteiger partial charge in [-0.15, -0.1) is 0 Å². The number of nitrogens with zero attached hydrogens (tertiary/aromatic N) is 3. The van der Waals surface area contributed by atoms with E-state index in [1.54, 1.807) is 6.20 Å². The van der Waals surface area contributed by atoms with Crippen LogP contribution in [-0.2, 0) is 4.74 Å². The minimum atomic E-state index is -0.482. The average Bonchev–Trinajstić information content (AvgIpc) is 3.36. The van der Waals surface area contributed by atoms with Crippen molar-refractivity contribution in [3.05, 3.63) is 17.5 Å². The maximum Gasteiger partial charge on any atom is 0.254 e. The number of rotatable bonds is 7. The largest absolute Gasteiger partial charge is 0.390 e. The van der Waals surface area contributed by atoms with E-state index < -0.39 is 5.60 Å². The van der Waals surface area contributed by atoms with Crippen LogP contribution < -0.4 is 10.6 Å². The first-order valence-corrected chi connectivity index (χ1v) is 13.5. The Morgan fingerprint density at radius 1 is 1.15 bits per heavy atom. The molecule has 3 N–H and O–H groups in total. The molecule has 6 aliphatic rings. The van der Waals surface area contributed by atoms with Gasteiger partial charge in [0.25, 0.3) is 5.91 Å². The van der Waals surface area contributed by atoms with Crippen molar-refractivity contribution in [1.82, 2.24) is 20.2 Å². The second-order valence-corrected chi connectivity index (χ2v) is 11.5. The molecule has 1 saturated heterocycles. The SMILES string of the molecule is O=C(NC1C2CC3CC1CC(O)(C3)C2)c1cnc(NCCN2CCOCC2)nc1C1CCCC1. The Morgan fingerprint density at radius 3 is 2.59 bits per heavy atom. The van der Waals surface area contributed by atoms with Crippen molar-refractivity contribution in [2.45, 2.75) is 75.3 Å². The molecule has 2 atom stereocenters. The Hall–Kier alpha value is -1.77. The highest BCUT2D eigenvalue weighted by Crippen LogP contribution is 2.55. The molecule has 34 heavy (non-hydrogen) atoms. The van der Waals surface area contributed by atoms with Crippen molar-refractivity contribution in [2.24, 2.45) is 17.8 Å². The minimum absolute atomic E-state index is 0.0220. The molecule has 5 saturated carbocycles. The lowest BCUT2D eigenvalue weighted by atomic mass is 9.52. The van der Waals surface area contributed by atoms with E-state index in [-0.39, 0.29) is 11.9 Å². The molecule has 186 valence electrons. The van der Waals surface area contributed by atoms with Gasteiger partial charge in [-0.25, -0.2) is 9.97 Å². The normalized spacial score (nSPS) is 35.6. The number of aliphatic hydroxyl groups is 1. The molecule has 5 aliphatic carbocycles. The van der Waals surface area contributed by atoms with Crippen LogP contribution >= 0.6 is 0 Å². The third-order valence-electron chi connectivity index (χ3n) is 9.16. The highest BCUT2D eigenvalue weighted by Gasteiger charge is 2.55. The zero-order chi connectivity index (χ0) is 23.1. The Bertz CT molecular complexity index is 882. The lowest BCUT2D eigenvalue weighted by Crippen LogP contribution is -2.61. The number of carbonyl (C=O) groups is 1. The summed E-state index contributed by atoms with van der Waals surface area (Å²) in [5, 5.41) is 17.7. The highest BCUT2D eigenvalue weighted by molar-refractivity contribution is 5.95. The van der Waals surface area contributed by atoms with E-state index in [1.807, 2.05) is 0 Å². The van der Waals surface area contributed by atoms with Crippen molar-refractivity contribution in [2.75, 3.05) is 44.7 Å². The predicted molar refractivity (Wildman–Crippen MR) is 129 cm³/mol. The molecule has 6 fully saturated rings. The van der Waals surface area contributed by atoms with Crippen LogP contribution in [0.1, 0.15) is 79.8 Å². The standard InChI is InChI=1S/C26H39N5O3/c32-24(29-22-19-11-17-12-20(22)15-26(33,13-17)14-19)21-16-28-25(30-23(21)18-3-1-2-4-18)27-5-6-31-7-9-34-10-8-31/h16-20,22,33H,1-15H2,(H,29,32)(H,27,28,30). The zero-order valence-corrected chi connectivity index (χ0v) is 20.2. The fraction of sp³-hybridized carbons (Fsp3) is 0.808. The second-order valence-electron chi connectivity index (χ2n) is 11.5. The zero-order valence-electron chi connectivity index (χ0n) is 20.2. The van der Waals surface area contributed by atoms with Gasteiger partial charge in [0.15, 0.2) is 0 Å². The van der Waals surface area contributed by atoms with Crippen LogP contribution in [0.15, 0.2) is 6.20 Å². The van der Waals surface area contributed by atoms with Gasteiger partial charge < -0.3 is 20.5 Å². The molecule has 0 radical (unpaired) electrons. The lowest BCUT2D eigenvalue weighted by Gasteiger charge is -2.58. The summed E-state index contributed by atoms with van der Waals surface area (Å²) in [4.78, 5) is 25.4. The highest BCUT2D eigenvalue weighted by atomic mass is 16.5. The van der Waals surface area contributed by atoms with E-state index in [0.29, 0.717) is 35.2 Å². The van der Waals surface area contributed by atoms with Gasteiger partial charge in [0.05, 0.1) is 30.1 Å². The van der Waals surface area contributed by atoms with Gasteiger partial charge in [-0.05, 0) is 62.7 Å². The monoisotopic (exact) mass is 469 g/mol. The fourth-order valence-corrected chi connectivity index (χ4v) is 7.76. The molecule has 0 spiro atoms. The summed E-state index contributed by atoms with van der Waals surface area (Å²) in [6.07, 6.45) is 11.2. The van der Waals surface area contributed by atoms with E-state index in [2.05, 4.69) is 20.5 Å². The average molecular weight is 470 g/mol. The van der Waals surface area contributed by atoms with Crippen molar-refractivity contribution in [3.8, 4) is 0 Å². The van der Waals surface area contributed by atoms with Crippen LogP contribution in [0.2, 0.25) is 0 Å². The summed E-state index contributed by atoms with van der Waals surface area (Å²) in [6, 6.07) is 0.173. The van der Waals surface area contributed by atoms with Crippen LogP contribution in [0.25, 0.3) is 0 Å². The fourth-order valence-electron chi connectivity index (χ4n) is 7.76. The van der Waals surface area contributed by atoms with Crippen LogP contribution in [0.4, 0.5) is 5.95 Å². The lowest BCUT2D eigenvalue weighted by molar-refractivity contribution is -0.136. The Morgan fingerprint density at radius 2 is 1.88 bits per heavy atom. The predicted octanol–water partition coefficient (Wildman–Crippen LogP) is 2.55. The van der Waals surface area contributed by atoms with Crippen LogP contribution in [0.5, 0.6) is 0 Å². The summed E-state index contributed by atoms with van der Waals surface area (Å²) in [6.45, 7) is 5.26. The molecule has 1 aliphatic heterocycles. The van der Waals surface area contributed by atoms with Crippen molar-refractivity contribution in [3.63, 3.8) is 0 Å². The summed E-state index contributed by atoms with van der Waals surface area (Å²) < 4.78 is 5.43. The summed E-state index contributed by atoms with van der Waals surface area (Å²) in [7, 11) is 0. The number of anilines is 1. The third kappa shape index (κ3) is 4.56. The first-order valence-electron chi connectivity index (χ1n) is 13.5. The van der Waals surface area contributed by atoms with Crippen LogP contribution in [0.3, 0.4) is 0 Å². The number of ether oxygens (including phenoxy) is 1. The van der Waals surface area contributed by atoms with Gasteiger partial charge in [-0.2, -0.15) is 0 Å².